The Hall–Kier alpha value is -2.84. The first kappa shape index (κ1) is 21.4. The molecule has 0 radical (unpaired) electrons. The van der Waals surface area contributed by atoms with Gasteiger partial charge in [0.15, 0.2) is 0 Å². The molecule has 8 heteroatoms. The topological polar surface area (TPSA) is 55.8 Å². The number of nitrogens with zero attached hydrogens (tertiary/aromatic N) is 2. The van der Waals surface area contributed by atoms with Crippen LogP contribution in [-0.4, -0.2) is 60.5 Å². The second-order valence-electron chi connectivity index (χ2n) is 7.83. The number of halogens is 3. The van der Waals surface area contributed by atoms with Crippen LogP contribution in [-0.2, 0) is 0 Å². The second kappa shape index (κ2) is 9.11. The predicted molar refractivity (Wildman–Crippen MR) is 112 cm³/mol. The summed E-state index contributed by atoms with van der Waals surface area (Å²) < 4.78 is 41.2. The molecule has 2 aromatic rings. The zero-order chi connectivity index (χ0) is 22.0. The third-order valence-electron chi connectivity index (χ3n) is 5.83. The number of benzene rings is 2. The summed E-state index contributed by atoms with van der Waals surface area (Å²) in [5.74, 6) is -1.17. The maximum absolute atomic E-state index is 14.3. The molecule has 0 aliphatic carbocycles. The van der Waals surface area contributed by atoms with Gasteiger partial charge >= 0.3 is 6.03 Å². The Balaban J connectivity index is 1.63. The van der Waals surface area contributed by atoms with Crippen LogP contribution in [0.3, 0.4) is 0 Å². The van der Waals surface area contributed by atoms with Crippen LogP contribution >= 0.6 is 0 Å². The molecule has 2 N–H and O–H groups in total. The average Bonchev–Trinajstić information content (AvgIpc) is 3.43. The number of rotatable bonds is 5. The normalized spacial score (nSPS) is 23.2. The number of urea groups is 1. The van der Waals surface area contributed by atoms with Crippen molar-refractivity contribution in [3.63, 3.8) is 0 Å². The summed E-state index contributed by atoms with van der Waals surface area (Å²) in [4.78, 5) is 16.7. The summed E-state index contributed by atoms with van der Waals surface area (Å²) in [5.41, 5.74) is 1.16. The van der Waals surface area contributed by atoms with Crippen LogP contribution in [0.5, 0.6) is 0 Å². The minimum Gasteiger partial charge on any atom is -0.394 e. The minimum absolute atomic E-state index is 0.0282. The molecule has 1 fully saturated rings. The molecule has 0 bridgehead atoms. The SMILES string of the molecule is O=C(N1CC(c2cc(F)ccc2F)=C[C@H]1CO)N(c1ccccc1)[C@@H]1CN[C@H](CF)C1. The summed E-state index contributed by atoms with van der Waals surface area (Å²) >= 11 is 0. The number of aliphatic hydroxyl groups is 1. The number of nitrogens with one attached hydrogen (secondary N) is 1. The zero-order valence-corrected chi connectivity index (χ0v) is 16.8. The lowest BCUT2D eigenvalue weighted by Crippen LogP contribution is -2.51. The zero-order valence-electron chi connectivity index (χ0n) is 16.8. The van der Waals surface area contributed by atoms with E-state index in [1.807, 2.05) is 18.2 Å². The Morgan fingerprint density at radius 2 is 1.97 bits per heavy atom. The number of alkyl halides is 1. The summed E-state index contributed by atoms with van der Waals surface area (Å²) in [7, 11) is 0. The smallest absolute Gasteiger partial charge is 0.325 e. The number of hydrogen-bond acceptors (Lipinski definition) is 3. The summed E-state index contributed by atoms with van der Waals surface area (Å²) in [5, 5.41) is 13.0. The van der Waals surface area contributed by atoms with Gasteiger partial charge in [-0.25, -0.2) is 18.0 Å². The molecule has 2 heterocycles. The quantitative estimate of drug-likeness (QED) is 0.764. The van der Waals surface area contributed by atoms with Gasteiger partial charge in [0, 0.05) is 30.4 Å². The number of amides is 2. The molecule has 3 atom stereocenters. The van der Waals surface area contributed by atoms with Crippen molar-refractivity contribution < 1.29 is 23.1 Å². The van der Waals surface area contributed by atoms with Gasteiger partial charge in [-0.15, -0.1) is 0 Å². The molecule has 164 valence electrons. The first-order valence-electron chi connectivity index (χ1n) is 10.2. The molecule has 2 aromatic carbocycles. The molecule has 5 nitrogen and oxygen atoms in total. The molecule has 2 aliphatic heterocycles. The molecule has 2 amide bonds. The van der Waals surface area contributed by atoms with E-state index >= 15 is 0 Å². The Morgan fingerprint density at radius 3 is 2.65 bits per heavy atom. The van der Waals surface area contributed by atoms with Gasteiger partial charge in [-0.1, -0.05) is 24.3 Å². The minimum atomic E-state index is -0.678. The maximum Gasteiger partial charge on any atom is 0.325 e. The van der Waals surface area contributed by atoms with Crippen LogP contribution < -0.4 is 10.2 Å². The van der Waals surface area contributed by atoms with Crippen molar-refractivity contribution in [2.75, 3.05) is 31.3 Å². The van der Waals surface area contributed by atoms with Crippen molar-refractivity contribution in [3.8, 4) is 0 Å². The lowest BCUT2D eigenvalue weighted by atomic mass is 10.1. The van der Waals surface area contributed by atoms with Crippen molar-refractivity contribution in [2.45, 2.75) is 24.5 Å². The fraction of sp³-hybridized carbons (Fsp3) is 0.348. The molecule has 1 saturated heterocycles. The number of anilines is 1. The molecule has 0 unspecified atom stereocenters. The van der Waals surface area contributed by atoms with Crippen LogP contribution in [0.4, 0.5) is 23.7 Å². The molecule has 2 aliphatic rings. The van der Waals surface area contributed by atoms with Gasteiger partial charge in [-0.3, -0.25) is 4.90 Å². The summed E-state index contributed by atoms with van der Waals surface area (Å²) in [6, 6.07) is 10.6. The van der Waals surface area contributed by atoms with Crippen LogP contribution in [0.2, 0.25) is 0 Å². The third-order valence-corrected chi connectivity index (χ3v) is 5.83. The Bertz CT molecular complexity index is 970. The Kier molecular flexibility index (Phi) is 6.29. The largest absolute Gasteiger partial charge is 0.394 e. The van der Waals surface area contributed by atoms with Gasteiger partial charge in [0.05, 0.1) is 18.7 Å². The molecule has 31 heavy (non-hydrogen) atoms. The highest BCUT2D eigenvalue weighted by molar-refractivity contribution is 5.95. The van der Waals surface area contributed by atoms with E-state index in [2.05, 4.69) is 5.32 Å². The van der Waals surface area contributed by atoms with Gasteiger partial charge in [0.1, 0.15) is 18.3 Å². The standard InChI is InChI=1S/C23H24F3N3O2/c24-11-17-10-19(12-27-17)29(18-4-2-1-3-5-18)23(31)28-13-15(8-20(28)14-30)21-9-16(25)6-7-22(21)26/h1-9,17,19-20,27,30H,10-14H2/t17-,19-,20-/m0/s1. The number of hydrogen-bond donors (Lipinski definition) is 2. The Labute approximate surface area is 178 Å². The van der Waals surface area contributed by atoms with E-state index < -0.39 is 24.4 Å². The fourth-order valence-corrected chi connectivity index (χ4v) is 4.27. The first-order valence-corrected chi connectivity index (χ1v) is 10.2. The molecular weight excluding hydrogens is 407 g/mol. The molecule has 0 saturated carbocycles. The van der Waals surface area contributed by atoms with Gasteiger partial charge in [-0.2, -0.15) is 0 Å². The molecule has 4 rings (SSSR count). The van der Waals surface area contributed by atoms with Crippen molar-refractivity contribution >= 4 is 17.3 Å². The average molecular weight is 431 g/mol. The summed E-state index contributed by atoms with van der Waals surface area (Å²) in [6.07, 6.45) is 2.05. The van der Waals surface area contributed by atoms with Gasteiger partial charge in [0.25, 0.3) is 0 Å². The van der Waals surface area contributed by atoms with Crippen molar-refractivity contribution in [3.05, 3.63) is 71.8 Å². The van der Waals surface area contributed by atoms with Gasteiger partial charge in [-0.05, 0) is 42.3 Å². The van der Waals surface area contributed by atoms with Crippen molar-refractivity contribution in [2.24, 2.45) is 0 Å². The van der Waals surface area contributed by atoms with Crippen LogP contribution in [0, 0.1) is 11.6 Å². The lowest BCUT2D eigenvalue weighted by molar-refractivity contribution is 0.170. The first-order chi connectivity index (χ1) is 15.0. The predicted octanol–water partition coefficient (Wildman–Crippen LogP) is 3.35. The van der Waals surface area contributed by atoms with Gasteiger partial charge in [0.2, 0.25) is 0 Å². The van der Waals surface area contributed by atoms with Crippen molar-refractivity contribution in [1.29, 1.82) is 0 Å². The lowest BCUT2D eigenvalue weighted by Gasteiger charge is -2.35. The number of carbonyl (C=O) groups excluding carboxylic acids is 1. The number of aliphatic hydroxyl groups excluding tert-OH is 1. The summed E-state index contributed by atoms with van der Waals surface area (Å²) in [6.45, 7) is -0.419. The van der Waals surface area contributed by atoms with E-state index in [9.17, 15) is 23.1 Å². The highest BCUT2D eigenvalue weighted by Gasteiger charge is 2.38. The number of carbonyl (C=O) groups is 1. The van der Waals surface area contributed by atoms with Crippen molar-refractivity contribution in [1.82, 2.24) is 10.2 Å². The molecule has 0 aromatic heterocycles. The van der Waals surface area contributed by atoms with Crippen LogP contribution in [0.15, 0.2) is 54.6 Å². The maximum atomic E-state index is 14.3. The number of para-hydroxylation sites is 1. The van der Waals surface area contributed by atoms with Crippen LogP contribution in [0.25, 0.3) is 5.57 Å². The van der Waals surface area contributed by atoms with E-state index in [1.165, 1.54) is 4.90 Å². The highest BCUT2D eigenvalue weighted by atomic mass is 19.1. The molecule has 0 spiro atoms. The van der Waals surface area contributed by atoms with E-state index in [0.717, 1.165) is 18.2 Å². The van der Waals surface area contributed by atoms with E-state index in [-0.39, 0.29) is 36.8 Å². The second-order valence-corrected chi connectivity index (χ2v) is 7.83. The Morgan fingerprint density at radius 1 is 1.19 bits per heavy atom. The third kappa shape index (κ3) is 4.31. The highest BCUT2D eigenvalue weighted by Crippen LogP contribution is 2.31. The van der Waals surface area contributed by atoms with E-state index in [0.29, 0.717) is 24.2 Å². The monoisotopic (exact) mass is 431 g/mol. The van der Waals surface area contributed by atoms with Crippen LogP contribution in [0.1, 0.15) is 12.0 Å². The van der Waals surface area contributed by atoms with E-state index in [1.54, 1.807) is 23.1 Å². The molecular formula is C23H24F3N3O2. The fourth-order valence-electron chi connectivity index (χ4n) is 4.27. The van der Waals surface area contributed by atoms with E-state index in [4.69, 9.17) is 0 Å². The van der Waals surface area contributed by atoms with Gasteiger partial charge < -0.3 is 15.3 Å².